The van der Waals surface area contributed by atoms with E-state index in [1.54, 1.807) is 35.2 Å². The lowest BCUT2D eigenvalue weighted by Crippen LogP contribution is -2.39. The van der Waals surface area contributed by atoms with Crippen molar-refractivity contribution in [1.29, 1.82) is 0 Å². The first-order chi connectivity index (χ1) is 17.0. The summed E-state index contributed by atoms with van der Waals surface area (Å²) < 4.78 is 16.5. The van der Waals surface area contributed by atoms with Gasteiger partial charge in [0.1, 0.15) is 5.76 Å². The van der Waals surface area contributed by atoms with E-state index in [1.807, 2.05) is 6.92 Å². The van der Waals surface area contributed by atoms with Crippen molar-refractivity contribution in [2.24, 2.45) is 0 Å². The zero-order valence-corrected chi connectivity index (χ0v) is 20.1. The minimum Gasteiger partial charge on any atom is -0.507 e. The van der Waals surface area contributed by atoms with Gasteiger partial charge in [0.25, 0.3) is 11.7 Å². The zero-order valence-electron chi connectivity index (χ0n) is 20.1. The Kier molecular flexibility index (Phi) is 7.99. The molecule has 9 nitrogen and oxygen atoms in total. The van der Waals surface area contributed by atoms with Gasteiger partial charge in [0.2, 0.25) is 0 Å². The first-order valence-electron chi connectivity index (χ1n) is 11.8. The third-order valence-electron chi connectivity index (χ3n) is 6.27. The second-order valence-corrected chi connectivity index (χ2v) is 8.38. The highest BCUT2D eigenvalue weighted by Crippen LogP contribution is 2.42. The fourth-order valence-electron chi connectivity index (χ4n) is 4.54. The number of carbonyl (C=O) groups excluding carboxylic acids is 2. The number of ketones is 1. The number of nitrogens with zero attached hydrogens (tertiary/aromatic N) is 3. The van der Waals surface area contributed by atoms with E-state index in [2.05, 4.69) is 9.88 Å². The SMILES string of the molecule is CCOc1ccc(C2/C(=C(\O)c3ccncc3)C(=O)C(=O)N2CCCN2CCOCC2)cc1OC. The fraction of sp³-hybridized carbons (Fsp3) is 0.423. The van der Waals surface area contributed by atoms with Crippen molar-refractivity contribution in [2.75, 3.05) is 53.1 Å². The van der Waals surface area contributed by atoms with Crippen LogP contribution in [0.2, 0.25) is 0 Å². The second-order valence-electron chi connectivity index (χ2n) is 8.38. The molecule has 1 unspecified atom stereocenters. The molecule has 2 aliphatic rings. The molecule has 0 spiro atoms. The van der Waals surface area contributed by atoms with E-state index in [4.69, 9.17) is 14.2 Å². The van der Waals surface area contributed by atoms with E-state index in [1.165, 1.54) is 19.5 Å². The van der Waals surface area contributed by atoms with Gasteiger partial charge in [-0.05, 0) is 43.2 Å². The second kappa shape index (κ2) is 11.3. The molecule has 3 heterocycles. The molecule has 1 aromatic carbocycles. The average molecular weight is 482 g/mol. The number of hydrogen-bond acceptors (Lipinski definition) is 8. The molecule has 1 atom stereocenters. The lowest BCUT2D eigenvalue weighted by molar-refractivity contribution is -0.140. The van der Waals surface area contributed by atoms with Gasteiger partial charge in [-0.3, -0.25) is 19.5 Å². The number of aliphatic hydroxyl groups is 1. The van der Waals surface area contributed by atoms with Crippen LogP contribution in [-0.4, -0.2) is 84.7 Å². The van der Waals surface area contributed by atoms with Crippen LogP contribution in [-0.2, 0) is 14.3 Å². The minimum atomic E-state index is -0.752. The van der Waals surface area contributed by atoms with Gasteiger partial charge in [0.15, 0.2) is 11.5 Å². The van der Waals surface area contributed by atoms with Crippen LogP contribution >= 0.6 is 0 Å². The van der Waals surface area contributed by atoms with Gasteiger partial charge in [-0.2, -0.15) is 0 Å². The minimum absolute atomic E-state index is 0.0544. The van der Waals surface area contributed by atoms with Crippen molar-refractivity contribution < 1.29 is 28.9 Å². The summed E-state index contributed by atoms with van der Waals surface area (Å²) in [6.45, 7) is 6.60. The quantitative estimate of drug-likeness (QED) is 0.331. The van der Waals surface area contributed by atoms with Gasteiger partial charge < -0.3 is 24.2 Å². The molecular formula is C26H31N3O6. The van der Waals surface area contributed by atoms with Crippen molar-refractivity contribution in [1.82, 2.24) is 14.8 Å². The van der Waals surface area contributed by atoms with Crippen LogP contribution in [0.4, 0.5) is 0 Å². The number of benzene rings is 1. The van der Waals surface area contributed by atoms with E-state index < -0.39 is 17.7 Å². The molecule has 1 amide bonds. The summed E-state index contributed by atoms with van der Waals surface area (Å²) >= 11 is 0. The molecule has 9 heteroatoms. The summed E-state index contributed by atoms with van der Waals surface area (Å²) in [5.74, 6) is -0.493. The van der Waals surface area contributed by atoms with Gasteiger partial charge in [0, 0.05) is 44.1 Å². The number of ether oxygens (including phenoxy) is 3. The number of morpholine rings is 1. The summed E-state index contributed by atoms with van der Waals surface area (Å²) in [6.07, 6.45) is 3.75. The predicted molar refractivity (Wildman–Crippen MR) is 129 cm³/mol. The molecule has 1 aromatic heterocycles. The van der Waals surface area contributed by atoms with E-state index in [9.17, 15) is 14.7 Å². The summed E-state index contributed by atoms with van der Waals surface area (Å²) in [4.78, 5) is 34.2. The average Bonchev–Trinajstić information content (AvgIpc) is 3.15. The first-order valence-corrected chi connectivity index (χ1v) is 11.8. The van der Waals surface area contributed by atoms with E-state index in [0.717, 1.165) is 19.6 Å². The number of likely N-dealkylation sites (tertiary alicyclic amines) is 1. The lowest BCUT2D eigenvalue weighted by atomic mass is 9.95. The summed E-state index contributed by atoms with van der Waals surface area (Å²) in [5.41, 5.74) is 1.14. The molecular weight excluding hydrogens is 450 g/mol. The van der Waals surface area contributed by atoms with Crippen LogP contribution < -0.4 is 9.47 Å². The molecule has 4 rings (SSSR count). The Hall–Kier alpha value is -3.43. The van der Waals surface area contributed by atoms with Crippen molar-refractivity contribution in [3.05, 3.63) is 59.4 Å². The van der Waals surface area contributed by atoms with Crippen LogP contribution in [0.25, 0.3) is 5.76 Å². The number of methoxy groups -OCH3 is 1. The molecule has 0 saturated carbocycles. The van der Waals surface area contributed by atoms with Crippen LogP contribution in [0.5, 0.6) is 11.5 Å². The number of aromatic nitrogens is 1. The third-order valence-corrected chi connectivity index (χ3v) is 6.27. The number of pyridine rings is 1. The van der Waals surface area contributed by atoms with Crippen LogP contribution in [0.15, 0.2) is 48.3 Å². The molecule has 2 aromatic rings. The van der Waals surface area contributed by atoms with Gasteiger partial charge in [-0.15, -0.1) is 0 Å². The van der Waals surface area contributed by atoms with Gasteiger partial charge in [0.05, 0.1) is 38.5 Å². The predicted octanol–water partition coefficient (Wildman–Crippen LogP) is 2.63. The maximum absolute atomic E-state index is 13.2. The number of aliphatic hydroxyl groups excluding tert-OH is 1. The Morgan fingerprint density at radius 2 is 1.86 bits per heavy atom. The van der Waals surface area contributed by atoms with Crippen LogP contribution in [0.1, 0.15) is 30.5 Å². The molecule has 186 valence electrons. The number of hydrogen-bond donors (Lipinski definition) is 1. The van der Waals surface area contributed by atoms with Crippen molar-refractivity contribution in [3.63, 3.8) is 0 Å². The highest BCUT2D eigenvalue weighted by molar-refractivity contribution is 6.46. The van der Waals surface area contributed by atoms with Crippen LogP contribution in [0.3, 0.4) is 0 Å². The van der Waals surface area contributed by atoms with Gasteiger partial charge >= 0.3 is 0 Å². The Labute approximate surface area is 204 Å². The molecule has 2 aliphatic heterocycles. The maximum Gasteiger partial charge on any atom is 0.295 e. The monoisotopic (exact) mass is 481 g/mol. The highest BCUT2D eigenvalue weighted by atomic mass is 16.5. The molecule has 0 radical (unpaired) electrons. The Bertz CT molecular complexity index is 1080. The van der Waals surface area contributed by atoms with Crippen molar-refractivity contribution in [3.8, 4) is 11.5 Å². The van der Waals surface area contributed by atoms with Crippen molar-refractivity contribution >= 4 is 17.4 Å². The smallest absolute Gasteiger partial charge is 0.295 e. The highest BCUT2D eigenvalue weighted by Gasteiger charge is 2.46. The molecule has 2 saturated heterocycles. The first kappa shape index (κ1) is 24.7. The molecule has 0 bridgehead atoms. The number of rotatable bonds is 9. The maximum atomic E-state index is 13.2. The topological polar surface area (TPSA) is 101 Å². The van der Waals surface area contributed by atoms with E-state index in [-0.39, 0.29) is 11.3 Å². The van der Waals surface area contributed by atoms with Crippen LogP contribution in [0, 0.1) is 0 Å². The normalized spacial score (nSPS) is 20.3. The molecule has 0 aliphatic carbocycles. The van der Waals surface area contributed by atoms with Crippen molar-refractivity contribution in [2.45, 2.75) is 19.4 Å². The van der Waals surface area contributed by atoms with E-state index >= 15 is 0 Å². The number of carbonyl (C=O) groups is 2. The molecule has 2 fully saturated rings. The fourth-order valence-corrected chi connectivity index (χ4v) is 4.54. The Balaban J connectivity index is 1.70. The third kappa shape index (κ3) is 5.31. The summed E-state index contributed by atoms with van der Waals surface area (Å²) in [7, 11) is 1.54. The Morgan fingerprint density at radius 1 is 1.11 bits per heavy atom. The lowest BCUT2D eigenvalue weighted by Gasteiger charge is -2.29. The van der Waals surface area contributed by atoms with E-state index in [0.29, 0.717) is 55.4 Å². The largest absolute Gasteiger partial charge is 0.507 e. The van der Waals surface area contributed by atoms with Gasteiger partial charge in [-0.1, -0.05) is 6.07 Å². The van der Waals surface area contributed by atoms with Gasteiger partial charge in [-0.25, -0.2) is 0 Å². The Morgan fingerprint density at radius 3 is 2.54 bits per heavy atom. The number of amides is 1. The zero-order chi connectivity index (χ0) is 24.8. The number of Topliss-reactive ketones (excluding diaryl/α,β-unsaturated/α-hetero) is 1. The molecule has 1 N–H and O–H groups in total. The standard InChI is InChI=1S/C26H31N3O6/c1-3-35-20-6-5-19(17-21(20)33-2)23-22(24(30)18-7-9-27-10-8-18)25(31)26(32)29(23)12-4-11-28-13-15-34-16-14-28/h5-10,17,23,30H,3-4,11-16H2,1-2H3/b24-22+. The summed E-state index contributed by atoms with van der Waals surface area (Å²) in [5, 5.41) is 11.1. The summed E-state index contributed by atoms with van der Waals surface area (Å²) in [6, 6.07) is 7.79. The molecule has 35 heavy (non-hydrogen) atoms.